The Hall–Kier alpha value is -1.63. The molecule has 0 unspecified atom stereocenters. The third-order valence-corrected chi connectivity index (χ3v) is 3.45. The van der Waals surface area contributed by atoms with Crippen LogP contribution in [0.3, 0.4) is 0 Å². The van der Waals surface area contributed by atoms with Crippen molar-refractivity contribution in [1.82, 2.24) is 9.78 Å². The molecule has 0 aliphatic rings. The van der Waals surface area contributed by atoms with Gasteiger partial charge in [0.05, 0.1) is 17.3 Å². The smallest absolute Gasteiger partial charge is 0.288 e. The summed E-state index contributed by atoms with van der Waals surface area (Å²) in [5.41, 5.74) is -0.630. The van der Waals surface area contributed by atoms with Crippen LogP contribution < -0.4 is 0 Å². The Kier molecular flexibility index (Phi) is 3.99. The Morgan fingerprint density at radius 2 is 2.10 bits per heavy atom. The highest BCUT2D eigenvalue weighted by Crippen LogP contribution is 2.32. The first kappa shape index (κ1) is 14.8. The lowest BCUT2D eigenvalue weighted by Crippen LogP contribution is -2.08. The van der Waals surface area contributed by atoms with Crippen LogP contribution >= 0.6 is 15.9 Å². The fourth-order valence-electron chi connectivity index (χ4n) is 1.68. The highest BCUT2D eigenvalue weighted by atomic mass is 79.9. The van der Waals surface area contributed by atoms with Gasteiger partial charge in [0.2, 0.25) is 0 Å². The molecule has 0 spiro atoms. The van der Waals surface area contributed by atoms with Crippen molar-refractivity contribution in [2.24, 2.45) is 0 Å². The molecular formula is C13H10BrF3N2O. The molecule has 0 N–H and O–H groups in total. The van der Waals surface area contributed by atoms with E-state index in [2.05, 4.69) is 21.0 Å². The standard InChI is InChI=1S/C13H10BrF3N2O/c1-2-19-7-8(6-18-19)12(20)10-5-9(13(15,16)17)3-4-11(10)14/h3-7H,2H2,1H3. The number of nitrogens with zero attached hydrogens (tertiary/aromatic N) is 2. The summed E-state index contributed by atoms with van der Waals surface area (Å²) in [4.78, 5) is 12.2. The first-order valence-corrected chi connectivity index (χ1v) is 6.56. The zero-order valence-electron chi connectivity index (χ0n) is 10.4. The first-order valence-electron chi connectivity index (χ1n) is 5.77. The predicted molar refractivity (Wildman–Crippen MR) is 70.5 cm³/mol. The van der Waals surface area contributed by atoms with Gasteiger partial charge in [0.25, 0.3) is 0 Å². The van der Waals surface area contributed by atoms with Crippen molar-refractivity contribution >= 4 is 21.7 Å². The van der Waals surface area contributed by atoms with Crippen LogP contribution in [-0.4, -0.2) is 15.6 Å². The van der Waals surface area contributed by atoms with Gasteiger partial charge in [0.1, 0.15) is 0 Å². The summed E-state index contributed by atoms with van der Waals surface area (Å²) in [6.07, 6.45) is -1.63. The second kappa shape index (κ2) is 5.40. The lowest BCUT2D eigenvalue weighted by Gasteiger charge is -2.09. The maximum absolute atomic E-state index is 12.7. The van der Waals surface area contributed by atoms with Gasteiger partial charge in [-0.15, -0.1) is 0 Å². The Morgan fingerprint density at radius 3 is 2.65 bits per heavy atom. The van der Waals surface area contributed by atoms with Crippen LogP contribution in [0.2, 0.25) is 0 Å². The molecule has 0 saturated heterocycles. The number of benzene rings is 1. The largest absolute Gasteiger partial charge is 0.416 e. The molecule has 106 valence electrons. The van der Waals surface area contributed by atoms with Gasteiger partial charge in [-0.2, -0.15) is 18.3 Å². The van der Waals surface area contributed by atoms with Crippen molar-refractivity contribution in [2.75, 3.05) is 0 Å². The zero-order chi connectivity index (χ0) is 14.9. The van der Waals surface area contributed by atoms with Crippen molar-refractivity contribution < 1.29 is 18.0 Å². The third kappa shape index (κ3) is 2.92. The van der Waals surface area contributed by atoms with E-state index < -0.39 is 17.5 Å². The Labute approximate surface area is 121 Å². The number of alkyl halides is 3. The molecule has 0 saturated carbocycles. The summed E-state index contributed by atoms with van der Waals surface area (Å²) in [5, 5.41) is 3.94. The van der Waals surface area contributed by atoms with Crippen molar-refractivity contribution in [3.63, 3.8) is 0 Å². The van der Waals surface area contributed by atoms with E-state index in [1.165, 1.54) is 23.1 Å². The molecule has 0 aliphatic heterocycles. The van der Waals surface area contributed by atoms with Crippen LogP contribution in [0.25, 0.3) is 0 Å². The molecule has 1 heterocycles. The summed E-state index contributed by atoms with van der Waals surface area (Å²) in [6, 6.07) is 2.99. The first-order chi connectivity index (χ1) is 9.32. The monoisotopic (exact) mass is 346 g/mol. The van der Waals surface area contributed by atoms with E-state index in [-0.39, 0.29) is 11.1 Å². The maximum Gasteiger partial charge on any atom is 0.416 e. The summed E-state index contributed by atoms with van der Waals surface area (Å²) in [6.45, 7) is 2.43. The van der Waals surface area contributed by atoms with Gasteiger partial charge in [-0.25, -0.2) is 0 Å². The van der Waals surface area contributed by atoms with Crippen LogP contribution in [0.1, 0.15) is 28.4 Å². The van der Waals surface area contributed by atoms with Crippen molar-refractivity contribution in [3.8, 4) is 0 Å². The molecule has 2 rings (SSSR count). The normalized spacial score (nSPS) is 11.7. The molecule has 0 amide bonds. The lowest BCUT2D eigenvalue weighted by molar-refractivity contribution is -0.137. The number of carbonyl (C=O) groups is 1. The van der Waals surface area contributed by atoms with Gasteiger partial charge in [-0.1, -0.05) is 15.9 Å². The van der Waals surface area contributed by atoms with Crippen LogP contribution in [-0.2, 0) is 12.7 Å². The molecule has 1 aromatic carbocycles. The van der Waals surface area contributed by atoms with E-state index >= 15 is 0 Å². The molecule has 0 atom stereocenters. The van der Waals surface area contributed by atoms with E-state index in [0.717, 1.165) is 12.1 Å². The highest BCUT2D eigenvalue weighted by molar-refractivity contribution is 9.10. The second-order valence-electron chi connectivity index (χ2n) is 4.11. The number of halogens is 4. The van der Waals surface area contributed by atoms with E-state index in [0.29, 0.717) is 11.0 Å². The maximum atomic E-state index is 12.7. The van der Waals surface area contributed by atoms with E-state index in [4.69, 9.17) is 0 Å². The third-order valence-electron chi connectivity index (χ3n) is 2.76. The Balaban J connectivity index is 2.43. The number of ketones is 1. The minimum absolute atomic E-state index is 0.0320. The summed E-state index contributed by atoms with van der Waals surface area (Å²) >= 11 is 3.10. The van der Waals surface area contributed by atoms with Crippen molar-refractivity contribution in [3.05, 3.63) is 51.8 Å². The number of aryl methyl sites for hydroxylation is 1. The topological polar surface area (TPSA) is 34.9 Å². The molecule has 3 nitrogen and oxygen atoms in total. The average molecular weight is 347 g/mol. The van der Waals surface area contributed by atoms with Crippen LogP contribution in [0.15, 0.2) is 35.1 Å². The van der Waals surface area contributed by atoms with Gasteiger partial charge in [0.15, 0.2) is 5.78 Å². The second-order valence-corrected chi connectivity index (χ2v) is 4.96. The lowest BCUT2D eigenvalue weighted by atomic mass is 10.0. The summed E-state index contributed by atoms with van der Waals surface area (Å²) in [5.74, 6) is -0.498. The van der Waals surface area contributed by atoms with Gasteiger partial charge in [-0.3, -0.25) is 9.48 Å². The van der Waals surface area contributed by atoms with E-state index in [1.54, 1.807) is 0 Å². The van der Waals surface area contributed by atoms with Crippen molar-refractivity contribution in [1.29, 1.82) is 0 Å². The molecule has 0 fully saturated rings. The van der Waals surface area contributed by atoms with Gasteiger partial charge >= 0.3 is 6.18 Å². The zero-order valence-corrected chi connectivity index (χ0v) is 12.0. The average Bonchev–Trinajstić information content (AvgIpc) is 2.86. The number of hydrogen-bond donors (Lipinski definition) is 0. The molecule has 1 aromatic heterocycles. The number of hydrogen-bond acceptors (Lipinski definition) is 2. The summed E-state index contributed by atoms with van der Waals surface area (Å²) < 4.78 is 39.9. The van der Waals surface area contributed by atoms with Gasteiger partial charge < -0.3 is 0 Å². The Bertz CT molecular complexity index is 649. The number of aromatic nitrogens is 2. The molecule has 20 heavy (non-hydrogen) atoms. The molecule has 7 heteroatoms. The SMILES string of the molecule is CCn1cc(C(=O)c2cc(C(F)(F)F)ccc2Br)cn1. The molecule has 2 aromatic rings. The van der Waals surface area contributed by atoms with Crippen LogP contribution in [0.4, 0.5) is 13.2 Å². The van der Waals surface area contributed by atoms with Crippen LogP contribution in [0.5, 0.6) is 0 Å². The predicted octanol–water partition coefficient (Wildman–Crippen LogP) is 3.92. The minimum atomic E-state index is -4.48. The fraction of sp³-hybridized carbons (Fsp3) is 0.231. The molecule has 0 aliphatic carbocycles. The molecule has 0 radical (unpaired) electrons. The summed E-state index contributed by atoms with van der Waals surface area (Å²) in [7, 11) is 0. The number of rotatable bonds is 3. The van der Waals surface area contributed by atoms with Gasteiger partial charge in [0, 0.05) is 22.8 Å². The van der Waals surface area contributed by atoms with E-state index in [1.807, 2.05) is 6.92 Å². The molecular weight excluding hydrogens is 337 g/mol. The molecule has 0 bridgehead atoms. The number of carbonyl (C=O) groups excluding carboxylic acids is 1. The van der Waals surface area contributed by atoms with Gasteiger partial charge in [-0.05, 0) is 25.1 Å². The highest BCUT2D eigenvalue weighted by Gasteiger charge is 2.31. The quantitative estimate of drug-likeness (QED) is 0.789. The van der Waals surface area contributed by atoms with Crippen molar-refractivity contribution in [2.45, 2.75) is 19.6 Å². The van der Waals surface area contributed by atoms with Crippen LogP contribution in [0, 0.1) is 0 Å². The fourth-order valence-corrected chi connectivity index (χ4v) is 2.11. The minimum Gasteiger partial charge on any atom is -0.288 e. The Morgan fingerprint density at radius 1 is 1.40 bits per heavy atom. The van der Waals surface area contributed by atoms with E-state index in [9.17, 15) is 18.0 Å².